The van der Waals surface area contributed by atoms with Crippen LogP contribution >= 0.6 is 0 Å². The number of allylic oxidation sites excluding steroid dienone is 1. The lowest BCUT2D eigenvalue weighted by molar-refractivity contribution is -0.111. The first-order chi connectivity index (χ1) is 11.9. The van der Waals surface area contributed by atoms with Gasteiger partial charge in [0.1, 0.15) is 5.65 Å². The van der Waals surface area contributed by atoms with Crippen LogP contribution in [0.4, 0.5) is 14.5 Å². The van der Waals surface area contributed by atoms with E-state index in [1.165, 1.54) is 6.08 Å². The Morgan fingerprint density at radius 2 is 2.16 bits per heavy atom. The number of carbonyl (C=O) groups is 1. The van der Waals surface area contributed by atoms with Gasteiger partial charge in [-0.3, -0.25) is 4.79 Å². The Kier molecular flexibility index (Phi) is 4.70. The van der Waals surface area contributed by atoms with Crippen LogP contribution in [0.3, 0.4) is 0 Å². The summed E-state index contributed by atoms with van der Waals surface area (Å²) < 4.78 is 28.4. The van der Waals surface area contributed by atoms with E-state index in [1.807, 2.05) is 36.0 Å². The number of rotatable bonds is 4. The fourth-order valence-corrected chi connectivity index (χ4v) is 3.18. The number of carbonyl (C=O) groups excluding carboxylic acids is 1. The number of hydrogen-bond acceptors (Lipinski definition) is 2. The Labute approximate surface area is 145 Å². The van der Waals surface area contributed by atoms with Crippen molar-refractivity contribution in [3.63, 3.8) is 0 Å². The van der Waals surface area contributed by atoms with Crippen LogP contribution < -0.4 is 5.32 Å². The van der Waals surface area contributed by atoms with Crippen LogP contribution in [-0.2, 0) is 11.8 Å². The molecule has 132 valence electrons. The minimum absolute atomic E-state index is 0.0448. The van der Waals surface area contributed by atoms with Crippen molar-refractivity contribution in [2.24, 2.45) is 13.0 Å². The number of anilines is 1. The van der Waals surface area contributed by atoms with Crippen molar-refractivity contribution in [3.05, 3.63) is 42.8 Å². The second kappa shape index (κ2) is 6.78. The van der Waals surface area contributed by atoms with E-state index < -0.39 is 5.92 Å². The van der Waals surface area contributed by atoms with Gasteiger partial charge in [0.05, 0.1) is 11.9 Å². The van der Waals surface area contributed by atoms with E-state index in [9.17, 15) is 13.6 Å². The molecule has 0 aliphatic heterocycles. The SMILES string of the molecule is C=CC(=O)Nc1cnc2c(c1)c(C=CC1CCC(F)(F)CC1)cn2C. The molecule has 3 rings (SSSR count). The summed E-state index contributed by atoms with van der Waals surface area (Å²) in [4.78, 5) is 15.8. The molecule has 1 saturated carbocycles. The molecular weight excluding hydrogens is 324 g/mol. The van der Waals surface area contributed by atoms with Crippen molar-refractivity contribution in [3.8, 4) is 0 Å². The third-order valence-corrected chi connectivity index (χ3v) is 4.61. The Hall–Kier alpha value is -2.50. The number of aromatic nitrogens is 2. The van der Waals surface area contributed by atoms with Crippen LogP contribution in [-0.4, -0.2) is 21.4 Å². The van der Waals surface area contributed by atoms with E-state index in [4.69, 9.17) is 0 Å². The Balaban J connectivity index is 1.83. The van der Waals surface area contributed by atoms with Gasteiger partial charge in [-0.2, -0.15) is 0 Å². The van der Waals surface area contributed by atoms with Crippen LogP contribution in [0.2, 0.25) is 0 Å². The largest absolute Gasteiger partial charge is 0.335 e. The zero-order chi connectivity index (χ0) is 18.0. The molecule has 1 aliphatic carbocycles. The molecule has 0 atom stereocenters. The predicted molar refractivity (Wildman–Crippen MR) is 95.5 cm³/mol. The standard InChI is InChI=1S/C19H21F2N3O/c1-3-17(25)23-15-10-16-14(12-24(2)18(16)22-11-15)5-4-13-6-8-19(20,21)9-7-13/h3-5,10-13H,1,6-9H2,2H3,(H,23,25). The number of alkyl halides is 2. The zero-order valence-electron chi connectivity index (χ0n) is 14.1. The summed E-state index contributed by atoms with van der Waals surface area (Å²) in [6.07, 6.45) is 9.66. The molecule has 2 heterocycles. The normalized spacial score (nSPS) is 17.9. The second-order valence-corrected chi connectivity index (χ2v) is 6.54. The summed E-state index contributed by atoms with van der Waals surface area (Å²) in [6, 6.07) is 1.86. The van der Waals surface area contributed by atoms with E-state index in [0.717, 1.165) is 16.6 Å². The maximum atomic E-state index is 13.3. The van der Waals surface area contributed by atoms with Crippen LogP contribution in [0.1, 0.15) is 31.2 Å². The highest BCUT2D eigenvalue weighted by molar-refractivity contribution is 6.00. The molecule has 1 aliphatic rings. The minimum atomic E-state index is -2.51. The first-order valence-electron chi connectivity index (χ1n) is 8.32. The summed E-state index contributed by atoms with van der Waals surface area (Å²) in [6.45, 7) is 3.43. The smallest absolute Gasteiger partial charge is 0.248 e. The highest BCUT2D eigenvalue weighted by Crippen LogP contribution is 2.37. The molecule has 0 radical (unpaired) electrons. The lowest BCUT2D eigenvalue weighted by Gasteiger charge is -2.26. The summed E-state index contributed by atoms with van der Waals surface area (Å²) in [7, 11) is 1.90. The number of amides is 1. The molecule has 2 aromatic heterocycles. The maximum Gasteiger partial charge on any atom is 0.248 e. The van der Waals surface area contributed by atoms with E-state index in [0.29, 0.717) is 18.5 Å². The Bertz CT molecular complexity index is 829. The third kappa shape index (κ3) is 3.95. The number of fused-ring (bicyclic) bond motifs is 1. The van der Waals surface area contributed by atoms with Gasteiger partial charge in [0, 0.05) is 37.0 Å². The van der Waals surface area contributed by atoms with Gasteiger partial charge < -0.3 is 9.88 Å². The average molecular weight is 345 g/mol. The molecule has 2 aromatic rings. The van der Waals surface area contributed by atoms with Crippen molar-refractivity contribution >= 4 is 28.7 Å². The Morgan fingerprint density at radius 1 is 1.44 bits per heavy atom. The van der Waals surface area contributed by atoms with Gasteiger partial charge in [-0.05, 0) is 30.9 Å². The fourth-order valence-electron chi connectivity index (χ4n) is 3.18. The first kappa shape index (κ1) is 17.3. The quantitative estimate of drug-likeness (QED) is 0.827. The van der Waals surface area contributed by atoms with Crippen molar-refractivity contribution < 1.29 is 13.6 Å². The van der Waals surface area contributed by atoms with Gasteiger partial charge in [0.25, 0.3) is 0 Å². The maximum absolute atomic E-state index is 13.3. The molecule has 25 heavy (non-hydrogen) atoms. The Morgan fingerprint density at radius 3 is 2.84 bits per heavy atom. The van der Waals surface area contributed by atoms with E-state index in [1.54, 1.807) is 6.20 Å². The molecule has 1 fully saturated rings. The van der Waals surface area contributed by atoms with Crippen molar-refractivity contribution in [2.45, 2.75) is 31.6 Å². The lowest BCUT2D eigenvalue weighted by Crippen LogP contribution is -2.23. The van der Waals surface area contributed by atoms with Crippen LogP contribution in [0.15, 0.2) is 37.2 Å². The number of aryl methyl sites for hydroxylation is 1. The van der Waals surface area contributed by atoms with Gasteiger partial charge in [-0.25, -0.2) is 13.8 Å². The molecule has 4 nitrogen and oxygen atoms in total. The summed E-state index contributed by atoms with van der Waals surface area (Å²) in [5.41, 5.74) is 2.35. The molecule has 6 heteroatoms. The second-order valence-electron chi connectivity index (χ2n) is 6.54. The summed E-state index contributed by atoms with van der Waals surface area (Å²) in [5.74, 6) is -2.63. The molecule has 0 aromatic carbocycles. The monoisotopic (exact) mass is 345 g/mol. The van der Waals surface area contributed by atoms with Gasteiger partial charge in [0.2, 0.25) is 11.8 Å². The van der Waals surface area contributed by atoms with Gasteiger partial charge in [-0.15, -0.1) is 0 Å². The first-order valence-corrected chi connectivity index (χ1v) is 8.32. The number of halogens is 2. The highest BCUT2D eigenvalue weighted by atomic mass is 19.3. The lowest BCUT2D eigenvalue weighted by atomic mass is 9.86. The van der Waals surface area contributed by atoms with Crippen LogP contribution in [0.25, 0.3) is 17.1 Å². The van der Waals surface area contributed by atoms with Crippen LogP contribution in [0, 0.1) is 5.92 Å². The minimum Gasteiger partial charge on any atom is -0.335 e. The molecule has 0 unspecified atom stereocenters. The van der Waals surface area contributed by atoms with Gasteiger partial charge in [-0.1, -0.05) is 18.7 Å². The molecule has 0 bridgehead atoms. The highest BCUT2D eigenvalue weighted by Gasteiger charge is 2.33. The number of pyridine rings is 1. The topological polar surface area (TPSA) is 46.9 Å². The number of nitrogens with one attached hydrogen (secondary N) is 1. The molecule has 1 N–H and O–H groups in total. The number of nitrogens with zero attached hydrogens (tertiary/aromatic N) is 2. The summed E-state index contributed by atoms with van der Waals surface area (Å²) in [5, 5.41) is 3.60. The van der Waals surface area contributed by atoms with Crippen molar-refractivity contribution in [1.82, 2.24) is 9.55 Å². The molecule has 1 amide bonds. The van der Waals surface area contributed by atoms with E-state index in [2.05, 4.69) is 16.9 Å². The number of hydrogen-bond donors (Lipinski definition) is 1. The van der Waals surface area contributed by atoms with E-state index >= 15 is 0 Å². The average Bonchev–Trinajstić information content (AvgIpc) is 2.89. The molecule has 0 saturated heterocycles. The summed E-state index contributed by atoms with van der Waals surface area (Å²) >= 11 is 0. The zero-order valence-corrected chi connectivity index (χ0v) is 14.1. The van der Waals surface area contributed by atoms with Gasteiger partial charge >= 0.3 is 0 Å². The van der Waals surface area contributed by atoms with Crippen molar-refractivity contribution in [2.75, 3.05) is 5.32 Å². The third-order valence-electron chi connectivity index (χ3n) is 4.61. The van der Waals surface area contributed by atoms with Crippen LogP contribution in [0.5, 0.6) is 0 Å². The fraction of sp³-hybridized carbons (Fsp3) is 0.368. The van der Waals surface area contributed by atoms with E-state index in [-0.39, 0.29) is 24.7 Å². The molecular formula is C19H21F2N3O. The van der Waals surface area contributed by atoms with Crippen molar-refractivity contribution in [1.29, 1.82) is 0 Å². The predicted octanol–water partition coefficient (Wildman–Crippen LogP) is 4.54. The molecule has 0 spiro atoms. The van der Waals surface area contributed by atoms with Gasteiger partial charge in [0.15, 0.2) is 0 Å².